The van der Waals surface area contributed by atoms with Gasteiger partial charge < -0.3 is 5.11 Å². The molecule has 132 valence electrons. The van der Waals surface area contributed by atoms with E-state index in [9.17, 15) is 14.7 Å². The van der Waals surface area contributed by atoms with Gasteiger partial charge in [0, 0.05) is 22.1 Å². The predicted octanol–water partition coefficient (Wildman–Crippen LogP) is 4.65. The monoisotopic (exact) mass is 365 g/mol. The highest BCUT2D eigenvalue weighted by Gasteiger charge is 2.19. The first-order valence-corrected chi connectivity index (χ1v) is 9.41. The third-order valence-corrected chi connectivity index (χ3v) is 5.03. The summed E-state index contributed by atoms with van der Waals surface area (Å²) in [5.41, 5.74) is 3.03. The fourth-order valence-electron chi connectivity index (χ4n) is 3.05. The Morgan fingerprint density at radius 2 is 1.88 bits per heavy atom. The molecule has 2 aromatic carbocycles. The zero-order chi connectivity index (χ0) is 18.7. The van der Waals surface area contributed by atoms with Crippen LogP contribution in [0.1, 0.15) is 21.6 Å². The van der Waals surface area contributed by atoms with Gasteiger partial charge in [0.25, 0.3) is 5.91 Å². The topological polar surface area (TPSA) is 59.3 Å². The Morgan fingerprint density at radius 1 is 1.15 bits per heavy atom. The second-order valence-corrected chi connectivity index (χ2v) is 6.81. The molecular weight excluding hydrogens is 346 g/mol. The fourth-order valence-corrected chi connectivity index (χ4v) is 3.49. The largest absolute Gasteiger partial charge is 0.481 e. The van der Waals surface area contributed by atoms with Gasteiger partial charge in [-0.15, -0.1) is 11.8 Å². The van der Waals surface area contributed by atoms with Crippen LogP contribution in [0.4, 0.5) is 0 Å². The summed E-state index contributed by atoms with van der Waals surface area (Å²) in [4.78, 5) is 25.2. The van der Waals surface area contributed by atoms with Gasteiger partial charge in [-0.3, -0.25) is 14.2 Å². The van der Waals surface area contributed by atoms with Gasteiger partial charge in [-0.25, -0.2) is 0 Å². The molecule has 0 aliphatic heterocycles. The lowest BCUT2D eigenvalue weighted by atomic mass is 10.1. The van der Waals surface area contributed by atoms with E-state index in [1.165, 1.54) is 6.08 Å². The summed E-state index contributed by atoms with van der Waals surface area (Å²) in [5.74, 6) is -1.10. The summed E-state index contributed by atoms with van der Waals surface area (Å²) in [6.07, 6.45) is 5.15. The Labute approximate surface area is 156 Å². The molecule has 5 heteroatoms. The van der Waals surface area contributed by atoms with Crippen LogP contribution in [0.3, 0.4) is 0 Å². The van der Waals surface area contributed by atoms with Crippen LogP contribution in [0, 0.1) is 6.92 Å². The van der Waals surface area contributed by atoms with Crippen LogP contribution in [0.25, 0.3) is 17.0 Å². The highest BCUT2D eigenvalue weighted by atomic mass is 32.2. The summed E-state index contributed by atoms with van der Waals surface area (Å²) < 4.78 is 1.59. The number of carbonyl (C=O) groups excluding carboxylic acids is 1. The number of hydrogen-bond acceptors (Lipinski definition) is 3. The van der Waals surface area contributed by atoms with Gasteiger partial charge in [-0.05, 0) is 48.6 Å². The maximum absolute atomic E-state index is 12.8. The van der Waals surface area contributed by atoms with E-state index in [1.807, 2.05) is 54.8 Å². The van der Waals surface area contributed by atoms with Crippen LogP contribution >= 0.6 is 11.8 Å². The molecular formula is C21H19NO3S. The second kappa shape index (κ2) is 7.62. The van der Waals surface area contributed by atoms with Crippen molar-refractivity contribution < 1.29 is 14.7 Å². The first-order valence-electron chi connectivity index (χ1n) is 8.18. The van der Waals surface area contributed by atoms with E-state index in [2.05, 4.69) is 0 Å². The molecule has 26 heavy (non-hydrogen) atoms. The van der Waals surface area contributed by atoms with Crippen molar-refractivity contribution in [2.45, 2.75) is 18.2 Å². The zero-order valence-electron chi connectivity index (χ0n) is 14.6. The second-order valence-electron chi connectivity index (χ2n) is 5.94. The number of rotatable bonds is 5. The van der Waals surface area contributed by atoms with Gasteiger partial charge in [0.15, 0.2) is 0 Å². The normalized spacial score (nSPS) is 11.3. The number of nitrogens with zero attached hydrogens (tertiary/aromatic N) is 1. The number of aromatic nitrogens is 1. The number of benzene rings is 2. The van der Waals surface area contributed by atoms with Crippen molar-refractivity contribution in [1.82, 2.24) is 4.57 Å². The minimum Gasteiger partial charge on any atom is -0.481 e. The van der Waals surface area contributed by atoms with Crippen molar-refractivity contribution >= 4 is 40.6 Å². The minimum atomic E-state index is -0.908. The average molecular weight is 365 g/mol. The number of thioether (sulfide) groups is 1. The van der Waals surface area contributed by atoms with E-state index in [0.717, 1.165) is 21.4 Å². The molecule has 1 N–H and O–H groups in total. The molecule has 4 nitrogen and oxygen atoms in total. The molecule has 3 rings (SSSR count). The lowest BCUT2D eigenvalue weighted by Crippen LogP contribution is -2.10. The molecule has 0 spiro atoms. The lowest BCUT2D eigenvalue weighted by Gasteiger charge is -2.04. The zero-order valence-corrected chi connectivity index (χ0v) is 15.4. The first-order chi connectivity index (χ1) is 12.5. The third kappa shape index (κ3) is 3.58. The van der Waals surface area contributed by atoms with Crippen molar-refractivity contribution in [3.8, 4) is 0 Å². The fraction of sp³-hybridized carbons (Fsp3) is 0.143. The predicted molar refractivity (Wildman–Crippen MR) is 106 cm³/mol. The molecule has 1 heterocycles. The summed E-state index contributed by atoms with van der Waals surface area (Å²) in [5, 5.41) is 10.1. The van der Waals surface area contributed by atoms with Gasteiger partial charge in [-0.1, -0.05) is 30.3 Å². The smallest absolute Gasteiger partial charge is 0.307 e. The van der Waals surface area contributed by atoms with Crippen LogP contribution in [-0.2, 0) is 11.2 Å². The average Bonchev–Trinajstić information content (AvgIpc) is 2.91. The third-order valence-electron chi connectivity index (χ3n) is 4.31. The number of aliphatic carboxylic acids is 1. The maximum Gasteiger partial charge on any atom is 0.307 e. The van der Waals surface area contributed by atoms with E-state index in [-0.39, 0.29) is 12.3 Å². The van der Waals surface area contributed by atoms with Crippen LogP contribution in [0.15, 0.2) is 59.5 Å². The maximum atomic E-state index is 12.8. The molecule has 0 radical (unpaired) electrons. The van der Waals surface area contributed by atoms with E-state index in [4.69, 9.17) is 0 Å². The highest BCUT2D eigenvalue weighted by molar-refractivity contribution is 7.98. The van der Waals surface area contributed by atoms with Crippen molar-refractivity contribution in [2.75, 3.05) is 6.26 Å². The number of hydrogen-bond donors (Lipinski definition) is 1. The van der Waals surface area contributed by atoms with Gasteiger partial charge in [0.1, 0.15) is 0 Å². The molecule has 3 aromatic rings. The molecule has 0 aliphatic carbocycles. The first kappa shape index (κ1) is 18.0. The molecule has 0 unspecified atom stereocenters. The Morgan fingerprint density at radius 3 is 2.54 bits per heavy atom. The molecule has 0 bridgehead atoms. The van der Waals surface area contributed by atoms with E-state index >= 15 is 0 Å². The number of carbonyl (C=O) groups is 2. The number of allylic oxidation sites excluding steroid dienone is 1. The summed E-state index contributed by atoms with van der Waals surface area (Å²) in [7, 11) is 0. The van der Waals surface area contributed by atoms with Crippen LogP contribution < -0.4 is 0 Å². The quantitative estimate of drug-likeness (QED) is 0.528. The summed E-state index contributed by atoms with van der Waals surface area (Å²) in [6, 6.07) is 15.4. The van der Waals surface area contributed by atoms with E-state index in [1.54, 1.807) is 29.3 Å². The van der Waals surface area contributed by atoms with Crippen LogP contribution in [0.2, 0.25) is 0 Å². The van der Waals surface area contributed by atoms with Gasteiger partial charge in [0.05, 0.1) is 11.9 Å². The Kier molecular flexibility index (Phi) is 5.28. The molecule has 0 amide bonds. The van der Waals surface area contributed by atoms with Crippen molar-refractivity contribution in [2.24, 2.45) is 0 Å². The van der Waals surface area contributed by atoms with Gasteiger partial charge in [-0.2, -0.15) is 0 Å². The van der Waals surface area contributed by atoms with E-state index < -0.39 is 5.97 Å². The number of carboxylic acids is 1. The molecule has 0 saturated heterocycles. The van der Waals surface area contributed by atoms with Crippen LogP contribution in [0.5, 0.6) is 0 Å². The number of carboxylic acid groups (broad SMARTS) is 1. The van der Waals surface area contributed by atoms with Crippen molar-refractivity contribution in [1.29, 1.82) is 0 Å². The SMILES string of the molecule is CSc1ccc2c(c1)c(CC(=O)O)c(C)n2C(=O)C=Cc1ccccc1. The van der Waals surface area contributed by atoms with Crippen LogP contribution in [-0.4, -0.2) is 27.8 Å². The standard InChI is InChI=1S/C21H19NO3S/c1-14-17(13-21(24)25)18-12-16(26-2)9-10-19(18)22(14)20(23)11-8-15-6-4-3-5-7-15/h3-12H,13H2,1-2H3,(H,24,25). The summed E-state index contributed by atoms with van der Waals surface area (Å²) >= 11 is 1.59. The summed E-state index contributed by atoms with van der Waals surface area (Å²) in [6.45, 7) is 1.80. The lowest BCUT2D eigenvalue weighted by molar-refractivity contribution is -0.136. The van der Waals surface area contributed by atoms with E-state index in [0.29, 0.717) is 11.3 Å². The number of fused-ring (bicyclic) bond motifs is 1. The Hall–Kier alpha value is -2.79. The van der Waals surface area contributed by atoms with Gasteiger partial charge >= 0.3 is 5.97 Å². The highest BCUT2D eigenvalue weighted by Crippen LogP contribution is 2.30. The van der Waals surface area contributed by atoms with Gasteiger partial charge in [0.2, 0.25) is 0 Å². The van der Waals surface area contributed by atoms with Crippen molar-refractivity contribution in [3.63, 3.8) is 0 Å². The molecule has 0 atom stereocenters. The molecule has 1 aromatic heterocycles. The molecule has 0 aliphatic rings. The minimum absolute atomic E-state index is 0.108. The van der Waals surface area contributed by atoms with Crippen molar-refractivity contribution in [3.05, 3.63) is 71.4 Å². The molecule has 0 saturated carbocycles. The Balaban J connectivity index is 2.10. The molecule has 0 fully saturated rings. The Bertz CT molecular complexity index is 1000.